The molecule has 4 nitrogen and oxygen atoms in total. The number of hydrogen-bond donors (Lipinski definition) is 1. The Morgan fingerprint density at radius 1 is 1.45 bits per heavy atom. The largest absolute Gasteiger partial charge is 0.315 e. The van der Waals surface area contributed by atoms with Gasteiger partial charge in [0, 0.05) is 26.2 Å². The molecule has 1 aliphatic rings. The molecule has 0 aliphatic carbocycles. The van der Waals surface area contributed by atoms with Gasteiger partial charge in [0.05, 0.1) is 16.4 Å². The maximum Gasteiger partial charge on any atom is 0.0863 e. The Bertz CT molecular complexity index is 424. The van der Waals surface area contributed by atoms with E-state index in [1.807, 2.05) is 11.7 Å². The molecule has 0 radical (unpaired) electrons. The van der Waals surface area contributed by atoms with Crippen molar-refractivity contribution in [2.24, 2.45) is 7.05 Å². The molecule has 5 heteroatoms. The van der Waals surface area contributed by atoms with Crippen molar-refractivity contribution in [3.8, 4) is 0 Å². The summed E-state index contributed by atoms with van der Waals surface area (Å²) in [5.41, 5.74) is 2.17. The Balaban J connectivity index is 2.12. The summed E-state index contributed by atoms with van der Waals surface area (Å²) in [6.07, 6.45) is 4.62. The molecule has 1 aliphatic heterocycles. The van der Waals surface area contributed by atoms with Crippen molar-refractivity contribution >= 4 is 11.6 Å². The zero-order chi connectivity index (χ0) is 14.5. The maximum atomic E-state index is 6.49. The van der Waals surface area contributed by atoms with Crippen molar-refractivity contribution in [3.05, 3.63) is 16.4 Å². The van der Waals surface area contributed by atoms with Crippen LogP contribution in [0, 0.1) is 0 Å². The average molecular weight is 299 g/mol. The minimum atomic E-state index is 0.625. The summed E-state index contributed by atoms with van der Waals surface area (Å²) >= 11 is 6.49. The maximum absolute atomic E-state index is 6.49. The highest BCUT2D eigenvalue weighted by Crippen LogP contribution is 2.24. The third-order valence-electron chi connectivity index (χ3n) is 4.15. The zero-order valence-corrected chi connectivity index (χ0v) is 13.7. The van der Waals surface area contributed by atoms with Crippen molar-refractivity contribution in [1.82, 2.24) is 20.0 Å². The van der Waals surface area contributed by atoms with Crippen molar-refractivity contribution in [2.45, 2.75) is 52.1 Å². The van der Waals surface area contributed by atoms with Gasteiger partial charge in [-0.3, -0.25) is 9.58 Å². The number of piperidine rings is 1. The van der Waals surface area contributed by atoms with Gasteiger partial charge < -0.3 is 5.32 Å². The van der Waals surface area contributed by atoms with Crippen LogP contribution in [-0.4, -0.2) is 40.4 Å². The van der Waals surface area contributed by atoms with Crippen LogP contribution in [0.4, 0.5) is 0 Å². The van der Waals surface area contributed by atoms with Gasteiger partial charge >= 0.3 is 0 Å². The van der Waals surface area contributed by atoms with E-state index in [-0.39, 0.29) is 0 Å². The van der Waals surface area contributed by atoms with E-state index >= 15 is 0 Å². The molecule has 114 valence electrons. The van der Waals surface area contributed by atoms with E-state index in [0.717, 1.165) is 49.0 Å². The smallest absolute Gasteiger partial charge is 0.0863 e. The molecule has 1 saturated heterocycles. The first-order valence-corrected chi connectivity index (χ1v) is 8.20. The monoisotopic (exact) mass is 298 g/mol. The van der Waals surface area contributed by atoms with Crippen LogP contribution in [0.3, 0.4) is 0 Å². The quantitative estimate of drug-likeness (QED) is 0.876. The van der Waals surface area contributed by atoms with Gasteiger partial charge in [0.15, 0.2) is 0 Å². The van der Waals surface area contributed by atoms with Crippen LogP contribution < -0.4 is 5.32 Å². The van der Waals surface area contributed by atoms with Crippen LogP contribution in [0.15, 0.2) is 0 Å². The van der Waals surface area contributed by atoms with Crippen molar-refractivity contribution < 1.29 is 0 Å². The molecule has 0 spiro atoms. The first-order valence-electron chi connectivity index (χ1n) is 7.82. The Labute approximate surface area is 127 Å². The second-order valence-corrected chi connectivity index (χ2v) is 6.03. The molecule has 1 aromatic rings. The van der Waals surface area contributed by atoms with E-state index in [0.29, 0.717) is 6.04 Å². The fourth-order valence-electron chi connectivity index (χ4n) is 3.01. The molecule has 2 heterocycles. The Kier molecular flexibility index (Phi) is 5.87. The van der Waals surface area contributed by atoms with E-state index in [1.54, 1.807) is 0 Å². The fraction of sp³-hybridized carbons (Fsp3) is 0.800. The third kappa shape index (κ3) is 3.54. The highest BCUT2D eigenvalue weighted by atomic mass is 35.5. The van der Waals surface area contributed by atoms with Crippen LogP contribution in [-0.2, 0) is 20.0 Å². The van der Waals surface area contributed by atoms with Gasteiger partial charge in [-0.05, 0) is 38.8 Å². The molecule has 1 fully saturated rings. The number of halogens is 1. The summed E-state index contributed by atoms with van der Waals surface area (Å²) in [7, 11) is 2.00. The fourth-order valence-corrected chi connectivity index (χ4v) is 3.36. The lowest BCUT2D eigenvalue weighted by atomic mass is 10.1. The van der Waals surface area contributed by atoms with Crippen LogP contribution >= 0.6 is 11.6 Å². The second kappa shape index (κ2) is 7.43. The van der Waals surface area contributed by atoms with Gasteiger partial charge in [0.25, 0.3) is 0 Å². The molecular weight excluding hydrogens is 272 g/mol. The van der Waals surface area contributed by atoms with Gasteiger partial charge in [-0.15, -0.1) is 0 Å². The summed E-state index contributed by atoms with van der Waals surface area (Å²) in [4.78, 5) is 2.56. The lowest BCUT2D eigenvalue weighted by Gasteiger charge is -2.34. The van der Waals surface area contributed by atoms with Crippen molar-refractivity contribution in [3.63, 3.8) is 0 Å². The van der Waals surface area contributed by atoms with Crippen LogP contribution in [0.1, 0.15) is 44.5 Å². The van der Waals surface area contributed by atoms with Gasteiger partial charge in [-0.1, -0.05) is 25.4 Å². The first kappa shape index (κ1) is 15.8. The lowest BCUT2D eigenvalue weighted by molar-refractivity contribution is 0.154. The van der Waals surface area contributed by atoms with E-state index in [9.17, 15) is 0 Å². The molecule has 0 aromatic carbocycles. The van der Waals surface area contributed by atoms with Gasteiger partial charge in [0.2, 0.25) is 0 Å². The number of aryl methyl sites for hydroxylation is 2. The lowest BCUT2D eigenvalue weighted by Crippen LogP contribution is -2.46. The Morgan fingerprint density at radius 2 is 2.25 bits per heavy atom. The minimum absolute atomic E-state index is 0.625. The topological polar surface area (TPSA) is 33.1 Å². The molecule has 1 N–H and O–H groups in total. The molecule has 0 saturated carbocycles. The van der Waals surface area contributed by atoms with Gasteiger partial charge in [-0.25, -0.2) is 0 Å². The standard InChI is InChI=1S/C15H27ClN4/c1-4-9-20(12-7-6-8-17-10-12)11-14-15(16)13(5-2)18-19(14)3/h12,17H,4-11H2,1-3H3. The third-order valence-corrected chi connectivity index (χ3v) is 4.59. The normalized spacial score (nSPS) is 19.8. The Morgan fingerprint density at radius 3 is 2.80 bits per heavy atom. The van der Waals surface area contributed by atoms with Crippen LogP contribution in [0.2, 0.25) is 5.02 Å². The SMILES string of the molecule is CCCN(Cc1c(Cl)c(CC)nn1C)C1CCCNC1. The number of hydrogen-bond acceptors (Lipinski definition) is 3. The van der Waals surface area contributed by atoms with E-state index in [4.69, 9.17) is 11.6 Å². The second-order valence-electron chi connectivity index (χ2n) is 5.66. The highest BCUT2D eigenvalue weighted by Gasteiger charge is 2.23. The number of nitrogens with zero attached hydrogens (tertiary/aromatic N) is 3. The average Bonchev–Trinajstić information content (AvgIpc) is 2.75. The van der Waals surface area contributed by atoms with E-state index < -0.39 is 0 Å². The minimum Gasteiger partial charge on any atom is -0.315 e. The molecule has 1 unspecified atom stereocenters. The predicted molar refractivity (Wildman–Crippen MR) is 84.2 cm³/mol. The molecule has 1 aromatic heterocycles. The van der Waals surface area contributed by atoms with Crippen molar-refractivity contribution in [1.29, 1.82) is 0 Å². The van der Waals surface area contributed by atoms with Crippen molar-refractivity contribution in [2.75, 3.05) is 19.6 Å². The Hall–Kier alpha value is -0.580. The summed E-state index contributed by atoms with van der Waals surface area (Å²) in [6.45, 7) is 8.62. The summed E-state index contributed by atoms with van der Waals surface area (Å²) in [5, 5.41) is 8.90. The molecule has 20 heavy (non-hydrogen) atoms. The van der Waals surface area contributed by atoms with Gasteiger partial charge in [0.1, 0.15) is 0 Å². The molecule has 2 rings (SSSR count). The molecular formula is C15H27ClN4. The number of nitrogens with one attached hydrogen (secondary N) is 1. The van der Waals surface area contributed by atoms with E-state index in [1.165, 1.54) is 19.3 Å². The number of aromatic nitrogens is 2. The number of rotatable bonds is 6. The molecule has 1 atom stereocenters. The molecule has 0 bridgehead atoms. The summed E-state index contributed by atoms with van der Waals surface area (Å²) in [6, 6.07) is 0.625. The van der Waals surface area contributed by atoms with Crippen LogP contribution in [0.5, 0.6) is 0 Å². The first-order chi connectivity index (χ1) is 9.67. The van der Waals surface area contributed by atoms with Gasteiger partial charge in [-0.2, -0.15) is 5.10 Å². The van der Waals surface area contributed by atoms with Crippen LogP contribution in [0.25, 0.3) is 0 Å². The highest BCUT2D eigenvalue weighted by molar-refractivity contribution is 6.31. The summed E-state index contributed by atoms with van der Waals surface area (Å²) in [5.74, 6) is 0. The zero-order valence-electron chi connectivity index (χ0n) is 13.0. The predicted octanol–water partition coefficient (Wildman–Crippen LogP) is 2.60. The van der Waals surface area contributed by atoms with E-state index in [2.05, 4.69) is 29.2 Å². The summed E-state index contributed by atoms with van der Waals surface area (Å²) < 4.78 is 1.96. The molecule has 0 amide bonds.